The molecule has 0 aliphatic carbocycles. The SMILES string of the molecule is CCOC(=O)CCOc1ccc(C(=O)OCC)cc1O. The molecular formula is C14H18O6. The maximum absolute atomic E-state index is 11.4. The Morgan fingerprint density at radius 3 is 2.45 bits per heavy atom. The highest BCUT2D eigenvalue weighted by Crippen LogP contribution is 2.27. The summed E-state index contributed by atoms with van der Waals surface area (Å²) in [4.78, 5) is 22.6. The van der Waals surface area contributed by atoms with Gasteiger partial charge in [-0.1, -0.05) is 0 Å². The highest BCUT2D eigenvalue weighted by Gasteiger charge is 2.11. The predicted octanol–water partition coefficient (Wildman–Crippen LogP) is 1.90. The van der Waals surface area contributed by atoms with Crippen molar-refractivity contribution in [3.63, 3.8) is 0 Å². The number of carbonyl (C=O) groups is 2. The van der Waals surface area contributed by atoms with Crippen LogP contribution in [-0.4, -0.2) is 36.9 Å². The first-order valence-corrected chi connectivity index (χ1v) is 6.37. The molecule has 1 aromatic rings. The Labute approximate surface area is 117 Å². The molecule has 0 aliphatic heterocycles. The average Bonchev–Trinajstić information content (AvgIpc) is 2.41. The number of hydrogen-bond donors (Lipinski definition) is 1. The van der Waals surface area contributed by atoms with Gasteiger partial charge in [0.2, 0.25) is 0 Å². The van der Waals surface area contributed by atoms with Crippen LogP contribution in [0.1, 0.15) is 30.6 Å². The lowest BCUT2D eigenvalue weighted by Gasteiger charge is -2.09. The molecule has 0 unspecified atom stereocenters. The van der Waals surface area contributed by atoms with Gasteiger partial charge in [-0.05, 0) is 32.0 Å². The molecule has 0 saturated carbocycles. The number of phenols is 1. The molecule has 110 valence electrons. The number of aromatic hydroxyl groups is 1. The summed E-state index contributed by atoms with van der Waals surface area (Å²) in [7, 11) is 0. The van der Waals surface area contributed by atoms with Crippen LogP contribution in [0, 0.1) is 0 Å². The molecule has 0 atom stereocenters. The van der Waals surface area contributed by atoms with Gasteiger partial charge in [0.15, 0.2) is 11.5 Å². The average molecular weight is 282 g/mol. The zero-order chi connectivity index (χ0) is 15.0. The van der Waals surface area contributed by atoms with Crippen molar-refractivity contribution >= 4 is 11.9 Å². The molecular weight excluding hydrogens is 264 g/mol. The third kappa shape index (κ3) is 4.79. The van der Waals surface area contributed by atoms with Gasteiger partial charge in [-0.3, -0.25) is 4.79 Å². The van der Waals surface area contributed by atoms with Gasteiger partial charge in [0, 0.05) is 0 Å². The minimum atomic E-state index is -0.513. The maximum Gasteiger partial charge on any atom is 0.338 e. The number of benzene rings is 1. The summed E-state index contributed by atoms with van der Waals surface area (Å²) in [6.45, 7) is 4.09. The van der Waals surface area contributed by atoms with Gasteiger partial charge in [0.1, 0.15) is 0 Å². The van der Waals surface area contributed by atoms with Crippen molar-refractivity contribution in [2.45, 2.75) is 20.3 Å². The zero-order valence-corrected chi connectivity index (χ0v) is 11.5. The lowest BCUT2D eigenvalue weighted by molar-refractivity contribution is -0.143. The second-order valence-electron chi connectivity index (χ2n) is 3.81. The summed E-state index contributed by atoms with van der Waals surface area (Å²) >= 11 is 0. The minimum absolute atomic E-state index is 0.0884. The molecule has 1 rings (SSSR count). The Balaban J connectivity index is 2.56. The topological polar surface area (TPSA) is 82.1 Å². The van der Waals surface area contributed by atoms with E-state index in [1.54, 1.807) is 13.8 Å². The van der Waals surface area contributed by atoms with E-state index in [-0.39, 0.29) is 42.7 Å². The molecule has 0 radical (unpaired) electrons. The van der Waals surface area contributed by atoms with Crippen LogP contribution < -0.4 is 4.74 Å². The van der Waals surface area contributed by atoms with Gasteiger partial charge < -0.3 is 19.3 Å². The van der Waals surface area contributed by atoms with Crippen molar-refractivity contribution in [3.05, 3.63) is 23.8 Å². The van der Waals surface area contributed by atoms with Gasteiger partial charge in [0.05, 0.1) is 31.8 Å². The maximum atomic E-state index is 11.4. The van der Waals surface area contributed by atoms with Crippen molar-refractivity contribution < 1.29 is 28.9 Å². The van der Waals surface area contributed by atoms with Crippen LogP contribution in [0.2, 0.25) is 0 Å². The quantitative estimate of drug-likeness (QED) is 0.769. The Morgan fingerprint density at radius 1 is 1.15 bits per heavy atom. The molecule has 0 bridgehead atoms. The molecule has 6 nitrogen and oxygen atoms in total. The predicted molar refractivity (Wildman–Crippen MR) is 70.8 cm³/mol. The van der Waals surface area contributed by atoms with E-state index in [9.17, 15) is 14.7 Å². The summed E-state index contributed by atoms with van der Waals surface area (Å²) in [5.74, 6) is -0.863. The van der Waals surface area contributed by atoms with Crippen molar-refractivity contribution in [2.75, 3.05) is 19.8 Å². The fraction of sp³-hybridized carbons (Fsp3) is 0.429. The first kappa shape index (κ1) is 15.8. The zero-order valence-electron chi connectivity index (χ0n) is 11.5. The number of phenolic OH excluding ortho intramolecular Hbond substituents is 1. The third-order valence-electron chi connectivity index (χ3n) is 2.34. The number of hydrogen-bond acceptors (Lipinski definition) is 6. The van der Waals surface area contributed by atoms with Gasteiger partial charge in [0.25, 0.3) is 0 Å². The fourth-order valence-corrected chi connectivity index (χ4v) is 1.46. The van der Waals surface area contributed by atoms with E-state index in [4.69, 9.17) is 14.2 Å². The van der Waals surface area contributed by atoms with E-state index < -0.39 is 5.97 Å². The molecule has 0 amide bonds. The van der Waals surface area contributed by atoms with Crippen molar-refractivity contribution in [2.24, 2.45) is 0 Å². The molecule has 6 heteroatoms. The third-order valence-corrected chi connectivity index (χ3v) is 2.34. The highest BCUT2D eigenvalue weighted by atomic mass is 16.5. The van der Waals surface area contributed by atoms with Crippen LogP contribution in [0.5, 0.6) is 11.5 Å². The monoisotopic (exact) mass is 282 g/mol. The summed E-state index contributed by atoms with van der Waals surface area (Å²) in [6.07, 6.45) is 0.0902. The van der Waals surface area contributed by atoms with E-state index in [0.717, 1.165) is 0 Å². The lowest BCUT2D eigenvalue weighted by Crippen LogP contribution is -2.10. The van der Waals surface area contributed by atoms with Crippen LogP contribution in [0.15, 0.2) is 18.2 Å². The normalized spacial score (nSPS) is 9.90. The summed E-state index contributed by atoms with van der Waals surface area (Å²) in [6, 6.07) is 4.20. The van der Waals surface area contributed by atoms with Crippen LogP contribution in [0.25, 0.3) is 0 Å². The standard InChI is InChI=1S/C14H18O6/c1-3-18-13(16)7-8-20-12-6-5-10(9-11(12)15)14(17)19-4-2/h5-6,9,15H,3-4,7-8H2,1-2H3. The number of carbonyl (C=O) groups excluding carboxylic acids is 2. The first-order chi connectivity index (χ1) is 9.58. The summed E-state index contributed by atoms with van der Waals surface area (Å²) < 4.78 is 14.8. The van der Waals surface area contributed by atoms with Gasteiger partial charge in [-0.2, -0.15) is 0 Å². The molecule has 0 heterocycles. The molecule has 1 aromatic carbocycles. The Hall–Kier alpha value is -2.24. The molecule has 0 aliphatic rings. The fourth-order valence-electron chi connectivity index (χ4n) is 1.46. The summed E-state index contributed by atoms with van der Waals surface area (Å²) in [5, 5.41) is 9.73. The highest BCUT2D eigenvalue weighted by molar-refractivity contribution is 5.90. The Morgan fingerprint density at radius 2 is 1.85 bits per heavy atom. The Kier molecular flexibility index (Phi) is 6.36. The molecule has 0 saturated heterocycles. The molecule has 1 N–H and O–H groups in total. The Bertz CT molecular complexity index is 469. The van der Waals surface area contributed by atoms with Crippen molar-refractivity contribution in [1.82, 2.24) is 0 Å². The van der Waals surface area contributed by atoms with Crippen molar-refractivity contribution in [3.8, 4) is 11.5 Å². The van der Waals surface area contributed by atoms with Crippen LogP contribution in [-0.2, 0) is 14.3 Å². The molecule has 0 aromatic heterocycles. The van der Waals surface area contributed by atoms with Gasteiger partial charge in [-0.25, -0.2) is 4.79 Å². The van der Waals surface area contributed by atoms with Crippen LogP contribution >= 0.6 is 0 Å². The number of rotatable bonds is 7. The molecule has 0 fully saturated rings. The van der Waals surface area contributed by atoms with E-state index in [2.05, 4.69) is 0 Å². The van der Waals surface area contributed by atoms with Crippen molar-refractivity contribution in [1.29, 1.82) is 0 Å². The van der Waals surface area contributed by atoms with E-state index >= 15 is 0 Å². The van der Waals surface area contributed by atoms with Gasteiger partial charge in [-0.15, -0.1) is 0 Å². The molecule has 0 spiro atoms. The number of ether oxygens (including phenoxy) is 3. The minimum Gasteiger partial charge on any atom is -0.504 e. The van der Waals surface area contributed by atoms with Crippen LogP contribution in [0.4, 0.5) is 0 Å². The second-order valence-corrected chi connectivity index (χ2v) is 3.81. The number of esters is 2. The lowest BCUT2D eigenvalue weighted by atomic mass is 10.2. The summed E-state index contributed by atoms with van der Waals surface area (Å²) in [5.41, 5.74) is 0.238. The molecule has 20 heavy (non-hydrogen) atoms. The smallest absolute Gasteiger partial charge is 0.338 e. The van der Waals surface area contributed by atoms with Crippen LogP contribution in [0.3, 0.4) is 0 Å². The second kappa shape index (κ2) is 8.04. The van der Waals surface area contributed by atoms with Gasteiger partial charge >= 0.3 is 11.9 Å². The largest absolute Gasteiger partial charge is 0.504 e. The van der Waals surface area contributed by atoms with E-state index in [1.807, 2.05) is 0 Å². The van der Waals surface area contributed by atoms with E-state index in [0.29, 0.717) is 6.61 Å². The first-order valence-electron chi connectivity index (χ1n) is 6.37. The van der Waals surface area contributed by atoms with E-state index in [1.165, 1.54) is 18.2 Å².